The number of anilines is 2. The van der Waals surface area contributed by atoms with Gasteiger partial charge in [-0.1, -0.05) is 5.21 Å². The number of imidazole rings is 1. The number of ether oxygens (including phenoxy) is 2. The lowest BCUT2D eigenvalue weighted by atomic mass is 10.1. The van der Waals surface area contributed by atoms with Crippen LogP contribution in [0, 0.1) is 0 Å². The fourth-order valence-electron chi connectivity index (χ4n) is 5.13. The third-order valence-corrected chi connectivity index (χ3v) is 10.2. The molecule has 4 aromatic rings. The maximum atomic E-state index is 16.0. The first kappa shape index (κ1) is 30.0. The third-order valence-electron chi connectivity index (χ3n) is 7.02. The van der Waals surface area contributed by atoms with E-state index in [-0.39, 0.29) is 47.1 Å². The van der Waals surface area contributed by atoms with Crippen molar-refractivity contribution in [1.82, 2.24) is 44.5 Å². The van der Waals surface area contributed by atoms with Gasteiger partial charge in [-0.25, -0.2) is 19.3 Å². The highest BCUT2D eigenvalue weighted by molar-refractivity contribution is 8.07. The van der Waals surface area contributed by atoms with E-state index in [0.717, 1.165) is 11.0 Å². The van der Waals surface area contributed by atoms with Crippen LogP contribution in [0.1, 0.15) is 18.9 Å². The molecule has 25 heteroatoms. The minimum absolute atomic E-state index is 0.0130. The van der Waals surface area contributed by atoms with Crippen LogP contribution in [0.25, 0.3) is 22.3 Å². The van der Waals surface area contributed by atoms with Gasteiger partial charge in [0, 0.05) is 6.42 Å². The maximum Gasteiger partial charge on any atom is 0.325 e. The number of nitrogens with two attached hydrogens (primary N) is 2. The Bertz CT molecular complexity index is 1910. The van der Waals surface area contributed by atoms with Gasteiger partial charge < -0.3 is 44.3 Å². The topological polar surface area (TPSA) is 268 Å². The van der Waals surface area contributed by atoms with Crippen molar-refractivity contribution in [3.8, 4) is 0 Å². The molecule has 9 atom stereocenters. The molecule has 7 rings (SSSR count). The van der Waals surface area contributed by atoms with Crippen molar-refractivity contribution in [3.05, 3.63) is 23.0 Å². The molecule has 0 saturated carbocycles. The normalized spacial score (nSPS) is 36.6. The summed E-state index contributed by atoms with van der Waals surface area (Å²) in [5, 5.41) is 7.78. The smallest absolute Gasteiger partial charge is 0.325 e. The second kappa shape index (κ2) is 11.0. The number of hydrogen-bond acceptors (Lipinski definition) is 17. The summed E-state index contributed by atoms with van der Waals surface area (Å²) in [5.41, 5.74) is 11.2. The Hall–Kier alpha value is -2.66. The standard InChI is InChI=1S/C19H22FN11O9P2S2/c20-9-12-8(38-18(9)31-14-10(28-29-31)13(21)23-4-24-14)3-36-41(33,43)39-7-1-6(2-35-42(34,44)40-12)37-17(7)30-5-25-11-15(30)26-19(22)27-16(11)32/h4-9,12,17-18H,1-3H2,(H,33,43)(H,34,44)(H2,21,23,24)(H3,22,26,27,32)/t6-,7?,8+,9?,12-,17+,18+,41?,42?/m0/s1. The SMILES string of the molecule is Nc1nc2c(ncn2[C@@H]2O[C@@H]3COP(O)(=S)O[C@@H]4C(F)[C@H](n5nnc6c(N)ncnc65)O[C@@H]4COP(O)(=S)OC2C3)c(=O)[nH]1. The fourth-order valence-corrected chi connectivity index (χ4v) is 8.03. The zero-order chi connectivity index (χ0) is 31.0. The zero-order valence-electron chi connectivity index (χ0n) is 21.9. The van der Waals surface area contributed by atoms with Crippen LogP contribution >= 0.6 is 13.4 Å². The molecular weight excluding hydrogens is 671 g/mol. The van der Waals surface area contributed by atoms with Gasteiger partial charge in [-0.15, -0.1) is 5.10 Å². The minimum atomic E-state index is -4.14. The molecule has 7 heterocycles. The monoisotopic (exact) mass is 693 g/mol. The molecule has 0 spiro atoms. The highest BCUT2D eigenvalue weighted by atomic mass is 32.5. The number of nitrogens with zero attached hydrogens (tertiary/aromatic N) is 8. The summed E-state index contributed by atoms with van der Waals surface area (Å²) in [5.74, 6) is -0.153. The second-order valence-corrected chi connectivity index (χ2v) is 15.5. The highest BCUT2D eigenvalue weighted by Gasteiger charge is 2.52. The molecule has 236 valence electrons. The number of H-pyrrole nitrogens is 1. The van der Waals surface area contributed by atoms with E-state index in [4.69, 9.17) is 62.6 Å². The van der Waals surface area contributed by atoms with Crippen LogP contribution in [-0.4, -0.2) is 98.1 Å². The molecule has 3 saturated heterocycles. The van der Waals surface area contributed by atoms with Crippen molar-refractivity contribution < 1.29 is 41.7 Å². The van der Waals surface area contributed by atoms with E-state index in [1.165, 1.54) is 10.9 Å². The van der Waals surface area contributed by atoms with E-state index in [9.17, 15) is 14.6 Å². The lowest BCUT2D eigenvalue weighted by Crippen LogP contribution is -2.34. The van der Waals surface area contributed by atoms with E-state index < -0.39 is 68.6 Å². The van der Waals surface area contributed by atoms with Gasteiger partial charge in [0.2, 0.25) is 5.95 Å². The van der Waals surface area contributed by atoms with Crippen LogP contribution in [0.5, 0.6) is 0 Å². The van der Waals surface area contributed by atoms with E-state index in [0.29, 0.717) is 0 Å². The van der Waals surface area contributed by atoms with E-state index in [1.54, 1.807) is 0 Å². The number of nitrogens with one attached hydrogen (secondary N) is 1. The molecule has 44 heavy (non-hydrogen) atoms. The highest BCUT2D eigenvalue weighted by Crippen LogP contribution is 2.54. The zero-order valence-corrected chi connectivity index (χ0v) is 25.3. The first-order chi connectivity index (χ1) is 20.9. The van der Waals surface area contributed by atoms with Gasteiger partial charge in [-0.2, -0.15) is 9.67 Å². The van der Waals surface area contributed by atoms with E-state index >= 15 is 4.39 Å². The van der Waals surface area contributed by atoms with Crippen LogP contribution in [0.2, 0.25) is 0 Å². The Kier molecular flexibility index (Phi) is 7.50. The second-order valence-electron chi connectivity index (χ2n) is 9.88. The van der Waals surface area contributed by atoms with Gasteiger partial charge in [-0.3, -0.25) is 18.9 Å². The van der Waals surface area contributed by atoms with Crippen molar-refractivity contribution in [2.24, 2.45) is 0 Å². The molecule has 4 unspecified atom stereocenters. The Morgan fingerprint density at radius 3 is 2.59 bits per heavy atom. The molecule has 7 N–H and O–H groups in total. The molecule has 3 aliphatic rings. The minimum Gasteiger partial charge on any atom is -0.382 e. The number of aromatic nitrogens is 9. The van der Waals surface area contributed by atoms with Crippen LogP contribution in [0.15, 0.2) is 17.4 Å². The summed E-state index contributed by atoms with van der Waals surface area (Å²) in [4.78, 5) is 52.7. The third kappa shape index (κ3) is 5.42. The molecule has 4 aromatic heterocycles. The Balaban J connectivity index is 1.19. The van der Waals surface area contributed by atoms with E-state index in [2.05, 4.69) is 35.2 Å². The van der Waals surface area contributed by atoms with Gasteiger partial charge in [0.05, 0.1) is 25.6 Å². The van der Waals surface area contributed by atoms with Crippen LogP contribution < -0.4 is 17.0 Å². The number of alkyl halides is 1. The fraction of sp³-hybridized carbons (Fsp3) is 0.526. The van der Waals surface area contributed by atoms with Crippen molar-refractivity contribution in [3.63, 3.8) is 0 Å². The number of halogens is 1. The van der Waals surface area contributed by atoms with Gasteiger partial charge in [0.25, 0.3) is 5.56 Å². The number of fused-ring (bicyclic) bond motifs is 5. The van der Waals surface area contributed by atoms with Crippen molar-refractivity contribution in [2.75, 3.05) is 24.7 Å². The summed E-state index contributed by atoms with van der Waals surface area (Å²) < 4.78 is 52.8. The largest absolute Gasteiger partial charge is 0.382 e. The lowest BCUT2D eigenvalue weighted by molar-refractivity contribution is -0.0616. The number of aromatic amines is 1. The van der Waals surface area contributed by atoms with E-state index in [1.807, 2.05) is 0 Å². The van der Waals surface area contributed by atoms with Crippen molar-refractivity contribution >= 4 is 71.1 Å². The maximum absolute atomic E-state index is 16.0. The Morgan fingerprint density at radius 2 is 1.77 bits per heavy atom. The summed E-state index contributed by atoms with van der Waals surface area (Å²) in [6.07, 6.45) is -6.74. The van der Waals surface area contributed by atoms with Crippen molar-refractivity contribution in [2.45, 2.75) is 49.5 Å². The molecule has 3 fully saturated rings. The first-order valence-corrected chi connectivity index (χ1v) is 17.9. The lowest BCUT2D eigenvalue weighted by Gasteiger charge is -2.27. The molecule has 0 amide bonds. The van der Waals surface area contributed by atoms with Gasteiger partial charge in [0.1, 0.15) is 24.6 Å². The summed E-state index contributed by atoms with van der Waals surface area (Å²) in [7, 11) is 0. The Labute approximate surface area is 254 Å². The van der Waals surface area contributed by atoms with Gasteiger partial charge in [-0.05, 0) is 23.6 Å². The van der Waals surface area contributed by atoms with Gasteiger partial charge in [0.15, 0.2) is 46.8 Å². The van der Waals surface area contributed by atoms with Crippen molar-refractivity contribution in [1.29, 1.82) is 0 Å². The molecule has 0 aliphatic carbocycles. The summed E-state index contributed by atoms with van der Waals surface area (Å²) in [6.45, 7) is -9.12. The average Bonchev–Trinajstić information content (AvgIpc) is 3.72. The van der Waals surface area contributed by atoms with Crippen LogP contribution in [0.4, 0.5) is 16.2 Å². The Morgan fingerprint density at radius 1 is 1.00 bits per heavy atom. The quantitative estimate of drug-likeness (QED) is 0.162. The molecule has 0 aromatic carbocycles. The summed E-state index contributed by atoms with van der Waals surface area (Å²) >= 11 is 10.5. The number of rotatable bonds is 2. The van der Waals surface area contributed by atoms with Crippen LogP contribution in [0.3, 0.4) is 0 Å². The predicted octanol–water partition coefficient (Wildman–Crippen LogP) is -0.707. The molecule has 0 radical (unpaired) electrons. The number of nitrogen functional groups attached to an aromatic ring is 2. The average molecular weight is 694 g/mol. The van der Waals surface area contributed by atoms with Crippen LogP contribution in [-0.2, 0) is 51.2 Å². The summed E-state index contributed by atoms with van der Waals surface area (Å²) in [6, 6.07) is 0. The number of hydrogen-bond donors (Lipinski definition) is 5. The first-order valence-electron chi connectivity index (χ1n) is 12.7. The molecule has 2 bridgehead atoms. The molecule has 3 aliphatic heterocycles. The molecular formula is C19H22FN11O9P2S2. The predicted molar refractivity (Wildman–Crippen MR) is 152 cm³/mol. The van der Waals surface area contributed by atoms with Gasteiger partial charge >= 0.3 is 13.4 Å². The molecule has 20 nitrogen and oxygen atoms in total.